The molecular formula is C18H17BrFNO4. The van der Waals surface area contributed by atoms with Crippen molar-refractivity contribution in [2.75, 3.05) is 13.7 Å². The second-order valence-electron chi connectivity index (χ2n) is 5.56. The third-order valence-electron chi connectivity index (χ3n) is 3.55. The van der Waals surface area contributed by atoms with Gasteiger partial charge in [0.15, 0.2) is 6.61 Å². The highest BCUT2D eigenvalue weighted by Gasteiger charge is 2.19. The van der Waals surface area contributed by atoms with Gasteiger partial charge in [-0.05, 0) is 46.6 Å². The lowest BCUT2D eigenvalue weighted by atomic mass is 10.1. The first-order valence-corrected chi connectivity index (χ1v) is 8.22. The number of amides is 1. The number of halogens is 2. The van der Waals surface area contributed by atoms with E-state index in [9.17, 15) is 19.1 Å². The maximum absolute atomic E-state index is 13.6. The van der Waals surface area contributed by atoms with Crippen LogP contribution in [0.5, 0.6) is 5.75 Å². The number of likely N-dealkylation sites (N-methyl/N-ethyl adjacent to an activating group) is 1. The first kappa shape index (κ1) is 18.9. The van der Waals surface area contributed by atoms with E-state index in [1.165, 1.54) is 24.1 Å². The van der Waals surface area contributed by atoms with Gasteiger partial charge in [0.2, 0.25) is 0 Å². The lowest BCUT2D eigenvalue weighted by molar-refractivity contribution is -0.133. The molecule has 0 heterocycles. The third-order valence-corrected chi connectivity index (χ3v) is 4.15. The zero-order chi connectivity index (χ0) is 18.6. The van der Waals surface area contributed by atoms with E-state index in [0.29, 0.717) is 10.0 Å². The van der Waals surface area contributed by atoms with Gasteiger partial charge in [-0.15, -0.1) is 0 Å². The number of carbonyl (C=O) groups is 2. The average molecular weight is 410 g/mol. The SMILES string of the molecule is Cc1cc(Br)c(O)c(C(=O)OCC(=O)N(C)Cc2ccccc2F)c1. The highest BCUT2D eigenvalue weighted by molar-refractivity contribution is 9.10. The van der Waals surface area contributed by atoms with Crippen molar-refractivity contribution in [2.45, 2.75) is 13.5 Å². The van der Waals surface area contributed by atoms with Gasteiger partial charge < -0.3 is 14.7 Å². The van der Waals surface area contributed by atoms with Crippen LogP contribution >= 0.6 is 15.9 Å². The molecule has 2 rings (SSSR count). The van der Waals surface area contributed by atoms with Crippen LogP contribution in [-0.2, 0) is 16.1 Å². The van der Waals surface area contributed by atoms with Gasteiger partial charge in [0.1, 0.15) is 17.1 Å². The van der Waals surface area contributed by atoms with E-state index >= 15 is 0 Å². The molecule has 0 spiro atoms. The quantitative estimate of drug-likeness (QED) is 0.768. The Hall–Kier alpha value is -2.41. The summed E-state index contributed by atoms with van der Waals surface area (Å²) in [6.07, 6.45) is 0. The van der Waals surface area contributed by atoms with Gasteiger partial charge in [0.25, 0.3) is 5.91 Å². The van der Waals surface area contributed by atoms with Crippen molar-refractivity contribution >= 4 is 27.8 Å². The number of carbonyl (C=O) groups excluding carboxylic acids is 2. The third kappa shape index (κ3) is 4.79. The van der Waals surface area contributed by atoms with E-state index in [0.717, 1.165) is 5.56 Å². The Morgan fingerprint density at radius 3 is 2.64 bits per heavy atom. The summed E-state index contributed by atoms with van der Waals surface area (Å²) in [5, 5.41) is 9.91. The number of hydrogen-bond donors (Lipinski definition) is 1. The summed E-state index contributed by atoms with van der Waals surface area (Å²) in [5.41, 5.74) is 1.08. The van der Waals surface area contributed by atoms with Gasteiger partial charge in [-0.3, -0.25) is 4.79 Å². The van der Waals surface area contributed by atoms with Gasteiger partial charge in [0.05, 0.1) is 4.47 Å². The monoisotopic (exact) mass is 409 g/mol. The lowest BCUT2D eigenvalue weighted by Gasteiger charge is -2.17. The molecular weight excluding hydrogens is 393 g/mol. The van der Waals surface area contributed by atoms with E-state index in [1.54, 1.807) is 31.2 Å². The van der Waals surface area contributed by atoms with Crippen LogP contribution in [-0.4, -0.2) is 35.5 Å². The molecule has 0 aliphatic carbocycles. The van der Waals surface area contributed by atoms with E-state index in [2.05, 4.69) is 15.9 Å². The number of hydrogen-bond acceptors (Lipinski definition) is 4. The molecule has 0 unspecified atom stereocenters. The minimum absolute atomic E-state index is 0.0311. The predicted molar refractivity (Wildman–Crippen MR) is 93.7 cm³/mol. The van der Waals surface area contributed by atoms with Crippen molar-refractivity contribution < 1.29 is 23.8 Å². The second kappa shape index (κ2) is 8.11. The number of rotatable bonds is 5. The highest BCUT2D eigenvalue weighted by atomic mass is 79.9. The molecule has 0 aliphatic rings. The van der Waals surface area contributed by atoms with Crippen LogP contribution in [0.4, 0.5) is 4.39 Å². The van der Waals surface area contributed by atoms with Gasteiger partial charge in [0, 0.05) is 19.2 Å². The van der Waals surface area contributed by atoms with Gasteiger partial charge in [-0.1, -0.05) is 18.2 Å². The Bertz CT molecular complexity index is 810. The summed E-state index contributed by atoms with van der Waals surface area (Å²) in [4.78, 5) is 25.4. The zero-order valence-corrected chi connectivity index (χ0v) is 15.3. The minimum Gasteiger partial charge on any atom is -0.506 e. The fourth-order valence-electron chi connectivity index (χ4n) is 2.18. The van der Waals surface area contributed by atoms with Crippen LogP contribution in [0.3, 0.4) is 0 Å². The van der Waals surface area contributed by atoms with Crippen LogP contribution in [0.2, 0.25) is 0 Å². The fourth-order valence-corrected chi connectivity index (χ4v) is 2.75. The van der Waals surface area contributed by atoms with Crippen molar-refractivity contribution in [1.82, 2.24) is 4.90 Å². The van der Waals surface area contributed by atoms with Crippen molar-refractivity contribution in [1.29, 1.82) is 0 Å². The molecule has 2 aromatic carbocycles. The molecule has 1 N–H and O–H groups in total. The van der Waals surface area contributed by atoms with Crippen molar-refractivity contribution in [2.24, 2.45) is 0 Å². The van der Waals surface area contributed by atoms with Crippen LogP contribution in [0.1, 0.15) is 21.5 Å². The average Bonchev–Trinajstić information content (AvgIpc) is 2.57. The summed E-state index contributed by atoms with van der Waals surface area (Å²) >= 11 is 3.14. The highest BCUT2D eigenvalue weighted by Crippen LogP contribution is 2.29. The second-order valence-corrected chi connectivity index (χ2v) is 6.41. The fraction of sp³-hybridized carbons (Fsp3) is 0.222. The summed E-state index contributed by atoms with van der Waals surface area (Å²) < 4.78 is 18.9. The number of nitrogens with zero attached hydrogens (tertiary/aromatic N) is 1. The first-order chi connectivity index (χ1) is 11.8. The Labute approximate surface area is 153 Å². The van der Waals surface area contributed by atoms with Crippen molar-refractivity contribution in [3.63, 3.8) is 0 Å². The van der Waals surface area contributed by atoms with Gasteiger partial charge >= 0.3 is 5.97 Å². The number of esters is 1. The van der Waals surface area contributed by atoms with Crippen LogP contribution in [0.25, 0.3) is 0 Å². The molecule has 7 heteroatoms. The minimum atomic E-state index is -0.811. The van der Waals surface area contributed by atoms with Crippen molar-refractivity contribution in [3.8, 4) is 5.75 Å². The summed E-state index contributed by atoms with van der Waals surface area (Å²) in [6.45, 7) is 1.31. The van der Waals surface area contributed by atoms with Crippen LogP contribution in [0, 0.1) is 12.7 Å². The molecule has 0 saturated heterocycles. The van der Waals surface area contributed by atoms with Crippen molar-refractivity contribution in [3.05, 3.63) is 63.4 Å². The normalized spacial score (nSPS) is 10.4. The molecule has 0 aliphatic heterocycles. The molecule has 0 atom stereocenters. The molecule has 0 radical (unpaired) electrons. The van der Waals surface area contributed by atoms with Gasteiger partial charge in [-0.25, -0.2) is 9.18 Å². The maximum Gasteiger partial charge on any atom is 0.342 e. The molecule has 132 valence electrons. The van der Waals surface area contributed by atoms with Gasteiger partial charge in [-0.2, -0.15) is 0 Å². The molecule has 0 aromatic heterocycles. The number of ether oxygens (including phenoxy) is 1. The predicted octanol–water partition coefficient (Wildman–Crippen LogP) is 3.42. The molecule has 1 amide bonds. The van der Waals surface area contributed by atoms with Crippen LogP contribution < -0.4 is 0 Å². The van der Waals surface area contributed by atoms with E-state index in [1.807, 2.05) is 0 Å². The topological polar surface area (TPSA) is 66.8 Å². The Morgan fingerprint density at radius 1 is 1.28 bits per heavy atom. The maximum atomic E-state index is 13.6. The summed E-state index contributed by atoms with van der Waals surface area (Å²) in [7, 11) is 1.49. The van der Waals surface area contributed by atoms with E-state index in [4.69, 9.17) is 4.74 Å². The summed E-state index contributed by atoms with van der Waals surface area (Å²) in [5.74, 6) is -1.95. The zero-order valence-electron chi connectivity index (χ0n) is 13.8. The van der Waals surface area contributed by atoms with Crippen LogP contribution in [0.15, 0.2) is 40.9 Å². The molecule has 0 saturated carbocycles. The number of benzene rings is 2. The van der Waals surface area contributed by atoms with E-state index < -0.39 is 24.3 Å². The number of phenols is 1. The number of phenolic OH excluding ortho intramolecular Hbond substituents is 1. The Kier molecular flexibility index (Phi) is 6.14. The number of aryl methyl sites for hydroxylation is 1. The molecule has 5 nitrogen and oxygen atoms in total. The number of aromatic hydroxyl groups is 1. The Balaban J connectivity index is 1.97. The largest absolute Gasteiger partial charge is 0.506 e. The molecule has 2 aromatic rings. The molecule has 0 bridgehead atoms. The smallest absolute Gasteiger partial charge is 0.342 e. The molecule has 0 fully saturated rings. The Morgan fingerprint density at radius 2 is 1.96 bits per heavy atom. The molecule has 25 heavy (non-hydrogen) atoms. The lowest BCUT2D eigenvalue weighted by Crippen LogP contribution is -2.31. The summed E-state index contributed by atoms with van der Waals surface area (Å²) in [6, 6.07) is 9.25. The van der Waals surface area contributed by atoms with E-state index in [-0.39, 0.29) is 17.9 Å². The standard InChI is InChI=1S/C18H17BrFNO4/c1-11-7-13(17(23)14(19)8-11)18(24)25-10-16(22)21(2)9-12-5-3-4-6-15(12)20/h3-8,23H,9-10H2,1-2H3. The first-order valence-electron chi connectivity index (χ1n) is 7.43.